The van der Waals surface area contributed by atoms with Gasteiger partial charge in [-0.25, -0.2) is 4.79 Å². The van der Waals surface area contributed by atoms with Gasteiger partial charge in [-0.1, -0.05) is 72.8 Å². The van der Waals surface area contributed by atoms with E-state index in [9.17, 15) is 4.79 Å². The molecule has 1 amide bonds. The first-order valence-corrected chi connectivity index (χ1v) is 13.7. The van der Waals surface area contributed by atoms with Crippen molar-refractivity contribution in [2.45, 2.75) is 18.1 Å². The number of hydrogen-bond acceptors (Lipinski definition) is 5. The van der Waals surface area contributed by atoms with E-state index in [1.54, 1.807) is 0 Å². The molecule has 2 heterocycles. The number of nitrogen functional groups attached to an aromatic ring is 1. The summed E-state index contributed by atoms with van der Waals surface area (Å²) >= 11 is 0. The highest BCUT2D eigenvalue weighted by Crippen LogP contribution is 2.56. The zero-order valence-electron chi connectivity index (χ0n) is 22.1. The molecule has 0 fully saturated rings. The van der Waals surface area contributed by atoms with Gasteiger partial charge in [0.2, 0.25) is 0 Å². The third-order valence-electron chi connectivity index (χ3n) is 8.40. The lowest BCUT2D eigenvalue weighted by atomic mass is 9.77. The molecule has 6 heteroatoms. The van der Waals surface area contributed by atoms with Gasteiger partial charge in [-0.05, 0) is 57.6 Å². The van der Waals surface area contributed by atoms with Crippen LogP contribution < -0.4 is 15.8 Å². The van der Waals surface area contributed by atoms with Gasteiger partial charge >= 0.3 is 6.09 Å². The van der Waals surface area contributed by atoms with Crippen LogP contribution in [0.2, 0.25) is 0 Å². The minimum Gasteiger partial charge on any atom is -0.456 e. The van der Waals surface area contributed by atoms with Crippen LogP contribution in [0, 0.1) is 0 Å². The Morgan fingerprint density at radius 2 is 1.46 bits per heavy atom. The molecule has 1 spiro atoms. The number of carbonyl (C=O) groups is 1. The Labute approximate surface area is 237 Å². The van der Waals surface area contributed by atoms with Gasteiger partial charge in [-0.3, -0.25) is 5.32 Å². The Kier molecular flexibility index (Phi) is 5.21. The highest BCUT2D eigenvalue weighted by molar-refractivity contribution is 5.86. The molecule has 2 aliphatic heterocycles. The molecule has 3 N–H and O–H groups in total. The molecule has 1 atom stereocenters. The smallest absolute Gasteiger partial charge is 0.411 e. The summed E-state index contributed by atoms with van der Waals surface area (Å²) in [6.07, 6.45) is -0.524. The first-order valence-electron chi connectivity index (χ1n) is 13.7. The predicted octanol–water partition coefficient (Wildman–Crippen LogP) is 7.56. The van der Waals surface area contributed by atoms with Crippen LogP contribution in [0.3, 0.4) is 0 Å². The zero-order chi connectivity index (χ0) is 27.6. The molecular formula is C35H26N2O4. The molecule has 200 valence electrons. The Hall–Kier alpha value is -5.07. The van der Waals surface area contributed by atoms with Gasteiger partial charge in [0, 0.05) is 40.6 Å². The molecule has 5 aromatic carbocycles. The van der Waals surface area contributed by atoms with Crippen molar-refractivity contribution in [1.82, 2.24) is 0 Å². The Bertz CT molecular complexity index is 1820. The number of anilines is 2. The fourth-order valence-corrected chi connectivity index (χ4v) is 6.60. The molecule has 1 unspecified atom stereocenters. The molecule has 0 aromatic heterocycles. The van der Waals surface area contributed by atoms with E-state index in [0.717, 1.165) is 22.3 Å². The molecule has 41 heavy (non-hydrogen) atoms. The number of hydrogen-bond donors (Lipinski definition) is 2. The number of amides is 1. The van der Waals surface area contributed by atoms with E-state index in [1.165, 1.54) is 22.3 Å². The number of rotatable bonds is 3. The largest absolute Gasteiger partial charge is 0.456 e. The molecular weight excluding hydrogens is 512 g/mol. The van der Waals surface area contributed by atoms with E-state index >= 15 is 0 Å². The van der Waals surface area contributed by atoms with Crippen LogP contribution in [0.25, 0.3) is 11.1 Å². The maximum absolute atomic E-state index is 13.0. The molecule has 0 saturated heterocycles. The van der Waals surface area contributed by atoms with Gasteiger partial charge in [-0.2, -0.15) is 0 Å². The molecule has 1 aliphatic carbocycles. The third kappa shape index (κ3) is 3.58. The number of nitrogens with two attached hydrogens (primary N) is 1. The Morgan fingerprint density at radius 1 is 0.805 bits per heavy atom. The third-order valence-corrected chi connectivity index (χ3v) is 8.40. The van der Waals surface area contributed by atoms with Crippen molar-refractivity contribution in [2.75, 3.05) is 17.7 Å². The lowest BCUT2D eigenvalue weighted by Gasteiger charge is -2.37. The first kappa shape index (κ1) is 23.8. The summed E-state index contributed by atoms with van der Waals surface area (Å²) in [6, 6.07) is 36.1. The van der Waals surface area contributed by atoms with Gasteiger partial charge in [0.1, 0.15) is 18.1 Å². The first-order chi connectivity index (χ1) is 20.1. The molecule has 0 bridgehead atoms. The maximum atomic E-state index is 13.0. The summed E-state index contributed by atoms with van der Waals surface area (Å²) in [5, 5.41) is 2.89. The second-order valence-electron chi connectivity index (χ2n) is 10.6. The van der Waals surface area contributed by atoms with Crippen LogP contribution in [0.15, 0.2) is 109 Å². The fraction of sp³-hybridized carbons (Fsp3) is 0.114. The molecule has 3 aliphatic rings. The van der Waals surface area contributed by atoms with Gasteiger partial charge in [0.15, 0.2) is 5.60 Å². The monoisotopic (exact) mass is 538 g/mol. The average molecular weight is 539 g/mol. The number of fused-ring (bicyclic) bond motifs is 9. The lowest BCUT2D eigenvalue weighted by Crippen LogP contribution is -2.32. The van der Waals surface area contributed by atoms with Crippen molar-refractivity contribution < 1.29 is 19.0 Å². The quantitative estimate of drug-likeness (QED) is 0.232. The second kappa shape index (κ2) is 8.98. The normalized spacial score (nSPS) is 17.6. The summed E-state index contributed by atoms with van der Waals surface area (Å²) in [4.78, 5) is 13.0. The van der Waals surface area contributed by atoms with E-state index in [4.69, 9.17) is 19.9 Å². The number of carbonyl (C=O) groups excluding carboxylic acids is 1. The van der Waals surface area contributed by atoms with Gasteiger partial charge in [-0.15, -0.1) is 0 Å². The molecule has 6 nitrogen and oxygen atoms in total. The Balaban J connectivity index is 1.08. The van der Waals surface area contributed by atoms with Gasteiger partial charge in [0.25, 0.3) is 0 Å². The number of ether oxygens (including phenoxy) is 3. The Morgan fingerprint density at radius 3 is 2.24 bits per heavy atom. The van der Waals surface area contributed by atoms with Crippen LogP contribution in [0.5, 0.6) is 11.5 Å². The van der Waals surface area contributed by atoms with Crippen LogP contribution >= 0.6 is 0 Å². The summed E-state index contributed by atoms with van der Waals surface area (Å²) in [7, 11) is 0. The standard InChI is InChI=1S/C35H26N2O4/c36-22-13-15-30-32(17-22)41-33-18-23(14-16-31(33)35(30)29-12-6-1-7-21(29)19-40-35)37-34(38)39-20-28-26-10-4-2-8-24(26)25-9-3-5-11-27(25)28/h1-18,28H,19-20,36H2,(H,37,38). The van der Waals surface area contributed by atoms with Crippen LogP contribution in [0.4, 0.5) is 16.2 Å². The topological polar surface area (TPSA) is 82.8 Å². The van der Waals surface area contributed by atoms with Crippen molar-refractivity contribution in [3.63, 3.8) is 0 Å². The fourth-order valence-electron chi connectivity index (χ4n) is 6.60. The summed E-state index contributed by atoms with van der Waals surface area (Å²) < 4.78 is 18.7. The van der Waals surface area contributed by atoms with E-state index in [1.807, 2.05) is 72.8 Å². The SMILES string of the molecule is Nc1ccc2c(c1)Oc1cc(NC(=O)OCC3c4ccccc4-c4ccccc43)ccc1C21OCc2ccccc21. The van der Waals surface area contributed by atoms with E-state index < -0.39 is 11.7 Å². The number of benzene rings is 5. The molecule has 8 rings (SSSR count). The minimum atomic E-state index is -0.824. The highest BCUT2D eigenvalue weighted by Gasteiger charge is 2.49. The average Bonchev–Trinajstić information content (AvgIpc) is 3.53. The van der Waals surface area contributed by atoms with Gasteiger partial charge < -0.3 is 19.9 Å². The van der Waals surface area contributed by atoms with Gasteiger partial charge in [0.05, 0.1) is 6.61 Å². The molecule has 0 radical (unpaired) electrons. The summed E-state index contributed by atoms with van der Waals surface area (Å²) in [5.74, 6) is 1.21. The van der Waals surface area contributed by atoms with Crippen molar-refractivity contribution >= 4 is 17.5 Å². The summed E-state index contributed by atoms with van der Waals surface area (Å²) in [5.41, 5.74) is 15.2. The minimum absolute atomic E-state index is 0.0126. The van der Waals surface area contributed by atoms with Crippen LogP contribution in [-0.2, 0) is 21.7 Å². The number of nitrogens with one attached hydrogen (secondary N) is 1. The highest BCUT2D eigenvalue weighted by atomic mass is 16.5. The van der Waals surface area contributed by atoms with Crippen LogP contribution in [0.1, 0.15) is 39.3 Å². The maximum Gasteiger partial charge on any atom is 0.411 e. The van der Waals surface area contributed by atoms with Crippen molar-refractivity contribution in [3.05, 3.63) is 143 Å². The zero-order valence-corrected chi connectivity index (χ0v) is 22.1. The van der Waals surface area contributed by atoms with Crippen molar-refractivity contribution in [1.29, 1.82) is 0 Å². The van der Waals surface area contributed by atoms with Crippen molar-refractivity contribution in [2.24, 2.45) is 0 Å². The van der Waals surface area contributed by atoms with Crippen LogP contribution in [-0.4, -0.2) is 12.7 Å². The summed E-state index contributed by atoms with van der Waals surface area (Å²) in [6.45, 7) is 0.723. The van der Waals surface area contributed by atoms with E-state index in [0.29, 0.717) is 29.5 Å². The lowest BCUT2D eigenvalue weighted by molar-refractivity contribution is 0.0200. The van der Waals surface area contributed by atoms with Crippen molar-refractivity contribution in [3.8, 4) is 22.6 Å². The second-order valence-corrected chi connectivity index (χ2v) is 10.6. The predicted molar refractivity (Wildman–Crippen MR) is 157 cm³/mol. The molecule has 5 aromatic rings. The van der Waals surface area contributed by atoms with E-state index in [2.05, 4.69) is 41.7 Å². The van der Waals surface area contributed by atoms with E-state index in [-0.39, 0.29) is 12.5 Å². The molecule has 0 saturated carbocycles.